The van der Waals surface area contributed by atoms with E-state index >= 15 is 0 Å². The van der Waals surface area contributed by atoms with Crippen LogP contribution in [-0.2, 0) is 6.18 Å². The maximum absolute atomic E-state index is 13.1. The molecule has 156 valence electrons. The Morgan fingerprint density at radius 1 is 1.00 bits per heavy atom. The lowest BCUT2D eigenvalue weighted by Crippen LogP contribution is -2.50. The first kappa shape index (κ1) is 20.0. The summed E-state index contributed by atoms with van der Waals surface area (Å²) in [5.74, 6) is 1.00. The molecule has 3 aromatic rings. The van der Waals surface area contributed by atoms with E-state index < -0.39 is 11.7 Å². The Bertz CT molecular complexity index is 1060. The third-order valence-electron chi connectivity index (χ3n) is 5.33. The van der Waals surface area contributed by atoms with Crippen molar-refractivity contribution in [1.29, 1.82) is 0 Å². The molecule has 0 aliphatic carbocycles. The number of methoxy groups -OCH3 is 1. The number of hydrogen-bond acceptors (Lipinski definition) is 3. The number of H-pyrrole nitrogens is 1. The van der Waals surface area contributed by atoms with Gasteiger partial charge in [0.2, 0.25) is 0 Å². The zero-order valence-electron chi connectivity index (χ0n) is 16.4. The maximum Gasteiger partial charge on any atom is 0.419 e. The van der Waals surface area contributed by atoms with Gasteiger partial charge in [-0.2, -0.15) is 13.2 Å². The molecular weight excluding hydrogens is 395 g/mol. The highest BCUT2D eigenvalue weighted by atomic mass is 19.4. The van der Waals surface area contributed by atoms with Crippen LogP contribution in [-0.4, -0.2) is 44.1 Å². The lowest BCUT2D eigenvalue weighted by atomic mass is 10.0. The third-order valence-corrected chi connectivity index (χ3v) is 5.33. The van der Waals surface area contributed by atoms with Gasteiger partial charge in [-0.3, -0.25) is 9.69 Å². The third kappa shape index (κ3) is 3.90. The monoisotopic (exact) mass is 416 g/mol. The van der Waals surface area contributed by atoms with Gasteiger partial charge in [0.25, 0.3) is 11.7 Å². The Balaban J connectivity index is 1.48. The van der Waals surface area contributed by atoms with Gasteiger partial charge in [-0.1, -0.05) is 24.3 Å². The van der Waals surface area contributed by atoms with Crippen LogP contribution in [0.3, 0.4) is 0 Å². The molecule has 0 spiro atoms. The van der Waals surface area contributed by atoms with E-state index in [2.05, 4.69) is 4.98 Å². The molecule has 0 radical (unpaired) electrons. The molecular formula is C22H21F3N3O2+. The zero-order valence-corrected chi connectivity index (χ0v) is 16.4. The highest BCUT2D eigenvalue weighted by Crippen LogP contribution is 2.29. The molecule has 1 aromatic heterocycles. The van der Waals surface area contributed by atoms with Crippen molar-refractivity contribution in [1.82, 2.24) is 4.90 Å². The second-order valence-electron chi connectivity index (χ2n) is 7.14. The summed E-state index contributed by atoms with van der Waals surface area (Å²) in [5.41, 5.74) is -0.214. The molecule has 4 rings (SSSR count). The second kappa shape index (κ2) is 7.85. The number of ether oxygens (including phenoxy) is 1. The van der Waals surface area contributed by atoms with E-state index in [1.54, 1.807) is 12.0 Å². The van der Waals surface area contributed by atoms with E-state index in [-0.39, 0.29) is 5.91 Å². The fourth-order valence-electron chi connectivity index (χ4n) is 3.67. The van der Waals surface area contributed by atoms with Crippen molar-refractivity contribution in [2.24, 2.45) is 0 Å². The van der Waals surface area contributed by atoms with Crippen molar-refractivity contribution >= 4 is 22.5 Å². The number of pyridine rings is 1. The predicted octanol–water partition coefficient (Wildman–Crippen LogP) is 3.64. The van der Waals surface area contributed by atoms with Crippen LogP contribution in [0.25, 0.3) is 10.8 Å². The fourth-order valence-corrected chi connectivity index (χ4v) is 3.67. The van der Waals surface area contributed by atoms with Crippen molar-refractivity contribution in [3.8, 4) is 5.75 Å². The van der Waals surface area contributed by atoms with Gasteiger partial charge in [0.15, 0.2) is 0 Å². The second-order valence-corrected chi connectivity index (χ2v) is 7.14. The molecule has 30 heavy (non-hydrogen) atoms. The Kier molecular flexibility index (Phi) is 5.24. The van der Waals surface area contributed by atoms with Gasteiger partial charge in [-0.25, -0.2) is 4.98 Å². The van der Waals surface area contributed by atoms with Crippen LogP contribution >= 0.6 is 0 Å². The van der Waals surface area contributed by atoms with Gasteiger partial charge in [0, 0.05) is 6.07 Å². The van der Waals surface area contributed by atoms with Gasteiger partial charge in [-0.05, 0) is 29.0 Å². The smallest absolute Gasteiger partial charge is 0.419 e. The van der Waals surface area contributed by atoms with Crippen molar-refractivity contribution in [2.45, 2.75) is 6.18 Å². The molecule has 5 nitrogen and oxygen atoms in total. The number of amides is 1. The number of carbonyl (C=O) groups excluding carboxylic acids is 1. The number of alkyl halides is 3. The summed E-state index contributed by atoms with van der Waals surface area (Å²) < 4.78 is 43.6. The minimum Gasteiger partial charge on any atom is -0.496 e. The number of piperazine rings is 1. The maximum atomic E-state index is 13.1. The van der Waals surface area contributed by atoms with Crippen LogP contribution in [0.2, 0.25) is 0 Å². The zero-order chi connectivity index (χ0) is 21.3. The van der Waals surface area contributed by atoms with E-state index in [9.17, 15) is 18.0 Å². The molecule has 1 N–H and O–H groups in total. The number of aromatic amines is 1. The van der Waals surface area contributed by atoms with E-state index in [4.69, 9.17) is 4.74 Å². The number of nitrogens with zero attached hydrogens (tertiary/aromatic N) is 2. The summed E-state index contributed by atoms with van der Waals surface area (Å²) in [6, 6.07) is 13.9. The quantitative estimate of drug-likeness (QED) is 0.655. The summed E-state index contributed by atoms with van der Waals surface area (Å²) in [6.45, 7) is 1.96. The Labute approximate surface area is 171 Å². The average molecular weight is 416 g/mol. The standard InChI is InChI=1S/C22H20F3N3O2/c1-30-19-13-16-5-3-2-4-15(16)12-18(19)21(29)28-10-8-27(9-11-28)20-7-6-17(14-26-20)22(23,24)25/h2-7,12-14H,8-11H2,1H3/p+1. The van der Waals surface area contributed by atoms with Crippen LogP contribution in [0, 0.1) is 0 Å². The van der Waals surface area contributed by atoms with Crippen molar-refractivity contribution in [3.63, 3.8) is 0 Å². The van der Waals surface area contributed by atoms with Crippen LogP contribution < -0.4 is 14.6 Å². The molecule has 0 unspecified atom stereocenters. The summed E-state index contributed by atoms with van der Waals surface area (Å²) >= 11 is 0. The predicted molar refractivity (Wildman–Crippen MR) is 107 cm³/mol. The SMILES string of the molecule is COc1cc2ccccc2cc1C(=O)N1CCN(c2ccc(C(F)(F)F)c[nH+]2)CC1. The van der Waals surface area contributed by atoms with Crippen molar-refractivity contribution < 1.29 is 27.7 Å². The van der Waals surface area contributed by atoms with E-state index in [1.807, 2.05) is 41.3 Å². The normalized spacial score (nSPS) is 14.8. The number of hydrogen-bond donors (Lipinski definition) is 0. The van der Waals surface area contributed by atoms with Gasteiger partial charge in [-0.15, -0.1) is 0 Å². The number of anilines is 1. The van der Waals surface area contributed by atoms with Crippen LogP contribution in [0.1, 0.15) is 15.9 Å². The highest BCUT2D eigenvalue weighted by molar-refractivity contribution is 6.01. The number of halogens is 3. The lowest BCUT2D eigenvalue weighted by molar-refractivity contribution is -0.367. The summed E-state index contributed by atoms with van der Waals surface area (Å²) in [6.07, 6.45) is -3.41. The van der Waals surface area contributed by atoms with E-state index in [0.717, 1.165) is 23.0 Å². The molecule has 1 aliphatic heterocycles. The summed E-state index contributed by atoms with van der Waals surface area (Å²) in [5, 5.41) is 1.95. The number of rotatable bonds is 3. The van der Waals surface area contributed by atoms with Gasteiger partial charge >= 0.3 is 6.18 Å². The highest BCUT2D eigenvalue weighted by Gasteiger charge is 2.33. The first-order chi connectivity index (χ1) is 14.4. The fraction of sp³-hybridized carbons (Fsp3) is 0.273. The Morgan fingerprint density at radius 2 is 1.67 bits per heavy atom. The van der Waals surface area contributed by atoms with Gasteiger partial charge in [0.1, 0.15) is 25.0 Å². The van der Waals surface area contributed by atoms with Crippen LogP contribution in [0.5, 0.6) is 5.75 Å². The largest absolute Gasteiger partial charge is 0.496 e. The Morgan fingerprint density at radius 3 is 2.23 bits per heavy atom. The van der Waals surface area contributed by atoms with Gasteiger partial charge in [0.05, 0.1) is 31.3 Å². The average Bonchev–Trinajstić information content (AvgIpc) is 2.77. The number of benzene rings is 2. The molecule has 1 amide bonds. The molecule has 0 bridgehead atoms. The molecule has 2 aromatic carbocycles. The molecule has 0 saturated carbocycles. The first-order valence-corrected chi connectivity index (χ1v) is 9.57. The summed E-state index contributed by atoms with van der Waals surface area (Å²) in [7, 11) is 1.54. The minimum absolute atomic E-state index is 0.117. The molecule has 1 aliphatic rings. The minimum atomic E-state index is -4.38. The topological polar surface area (TPSA) is 46.9 Å². The Hall–Kier alpha value is -3.29. The lowest BCUT2D eigenvalue weighted by Gasteiger charge is -2.31. The number of aromatic nitrogens is 1. The number of fused-ring (bicyclic) bond motifs is 1. The van der Waals surface area contributed by atoms with Crippen LogP contribution in [0.4, 0.5) is 19.0 Å². The van der Waals surface area contributed by atoms with Crippen molar-refractivity contribution in [3.05, 3.63) is 65.9 Å². The molecule has 1 saturated heterocycles. The summed E-state index contributed by atoms with van der Waals surface area (Å²) in [4.78, 5) is 19.5. The van der Waals surface area contributed by atoms with Gasteiger partial charge < -0.3 is 9.64 Å². The molecule has 8 heteroatoms. The first-order valence-electron chi connectivity index (χ1n) is 9.57. The van der Waals surface area contributed by atoms with E-state index in [1.165, 1.54) is 6.07 Å². The molecule has 2 heterocycles. The number of carbonyl (C=O) groups is 1. The van der Waals surface area contributed by atoms with E-state index in [0.29, 0.717) is 43.3 Å². The number of nitrogens with one attached hydrogen (secondary N) is 1. The van der Waals surface area contributed by atoms with Crippen LogP contribution in [0.15, 0.2) is 54.7 Å². The molecule has 0 atom stereocenters. The molecule has 1 fully saturated rings. The van der Waals surface area contributed by atoms with Crippen molar-refractivity contribution in [2.75, 3.05) is 38.2 Å².